The smallest absolute Gasteiger partial charge is 0.290 e. The van der Waals surface area contributed by atoms with Crippen molar-refractivity contribution in [3.8, 4) is 0 Å². The number of hydrogen-bond acceptors (Lipinski definition) is 2. The van der Waals surface area contributed by atoms with E-state index in [1.165, 1.54) is 10.2 Å². The molecule has 2 rings (SSSR count). The van der Waals surface area contributed by atoms with Crippen molar-refractivity contribution in [2.45, 2.75) is 20.4 Å². The number of anilines is 1. The molecule has 1 aromatic carbocycles. The van der Waals surface area contributed by atoms with E-state index in [2.05, 4.69) is 5.10 Å². The average Bonchev–Trinajstić information content (AvgIpc) is 2.50. The second-order valence-electron chi connectivity index (χ2n) is 3.97. The Bertz CT molecular complexity index is 566. The Kier molecular flexibility index (Phi) is 2.56. The van der Waals surface area contributed by atoms with Gasteiger partial charge in [-0.25, -0.2) is 4.68 Å². The summed E-state index contributed by atoms with van der Waals surface area (Å²) in [6, 6.07) is 7.98. The van der Waals surface area contributed by atoms with Gasteiger partial charge in [-0.15, -0.1) is 0 Å². The van der Waals surface area contributed by atoms with E-state index in [9.17, 15) is 4.79 Å². The number of nitrogen functional groups attached to an aromatic ring is 1. The number of nitrogens with one attached hydrogen (secondary N) is 1. The molecule has 0 aliphatic heterocycles. The molecule has 2 aromatic rings. The summed E-state index contributed by atoms with van der Waals surface area (Å²) in [6.45, 7) is 4.36. The summed E-state index contributed by atoms with van der Waals surface area (Å²) in [7, 11) is 0. The largest absolute Gasteiger partial charge is 0.393 e. The molecule has 0 aliphatic carbocycles. The van der Waals surface area contributed by atoms with Crippen molar-refractivity contribution >= 4 is 5.69 Å². The molecular weight excluding hydrogens is 202 g/mol. The monoisotopic (exact) mass is 217 g/mol. The number of benzene rings is 1. The molecule has 0 radical (unpaired) electrons. The van der Waals surface area contributed by atoms with E-state index >= 15 is 0 Å². The normalized spacial score (nSPS) is 10.6. The van der Waals surface area contributed by atoms with Gasteiger partial charge in [0, 0.05) is 0 Å². The number of hydrogen-bond donors (Lipinski definition) is 2. The van der Waals surface area contributed by atoms with Crippen LogP contribution in [0.25, 0.3) is 0 Å². The molecule has 0 unspecified atom stereocenters. The van der Waals surface area contributed by atoms with Crippen LogP contribution in [-0.4, -0.2) is 9.78 Å². The van der Waals surface area contributed by atoms with Gasteiger partial charge in [-0.2, -0.15) is 0 Å². The summed E-state index contributed by atoms with van der Waals surface area (Å²) >= 11 is 0. The molecule has 4 nitrogen and oxygen atoms in total. The highest BCUT2D eigenvalue weighted by atomic mass is 16.1. The van der Waals surface area contributed by atoms with Gasteiger partial charge >= 0.3 is 0 Å². The van der Waals surface area contributed by atoms with Crippen LogP contribution in [0.4, 0.5) is 5.69 Å². The second kappa shape index (κ2) is 3.89. The first kappa shape index (κ1) is 10.5. The number of H-pyrrole nitrogens is 1. The van der Waals surface area contributed by atoms with E-state index in [4.69, 9.17) is 5.73 Å². The minimum Gasteiger partial charge on any atom is -0.393 e. The van der Waals surface area contributed by atoms with Gasteiger partial charge in [-0.3, -0.25) is 9.89 Å². The predicted molar refractivity (Wildman–Crippen MR) is 64.5 cm³/mol. The first-order chi connectivity index (χ1) is 7.59. The molecule has 4 heteroatoms. The van der Waals surface area contributed by atoms with Crippen molar-refractivity contribution in [2.75, 3.05) is 5.73 Å². The lowest BCUT2D eigenvalue weighted by Gasteiger charge is -2.05. The Hall–Kier alpha value is -1.97. The fraction of sp³-hybridized carbons (Fsp3) is 0.250. The lowest BCUT2D eigenvalue weighted by atomic mass is 10.1. The topological polar surface area (TPSA) is 63.8 Å². The fourth-order valence-electron chi connectivity index (χ4n) is 1.69. The van der Waals surface area contributed by atoms with Crippen LogP contribution in [0.2, 0.25) is 0 Å². The molecular formula is C12H15N3O. The number of nitrogens with zero attached hydrogens (tertiary/aromatic N) is 1. The zero-order valence-corrected chi connectivity index (χ0v) is 9.45. The molecule has 84 valence electrons. The number of aryl methyl sites for hydroxylation is 2. The Morgan fingerprint density at radius 2 is 2.00 bits per heavy atom. The van der Waals surface area contributed by atoms with Crippen LogP contribution in [0, 0.1) is 13.8 Å². The van der Waals surface area contributed by atoms with Gasteiger partial charge in [-0.05, 0) is 25.0 Å². The van der Waals surface area contributed by atoms with E-state index in [1.54, 1.807) is 6.92 Å². The van der Waals surface area contributed by atoms with Crippen LogP contribution >= 0.6 is 0 Å². The van der Waals surface area contributed by atoms with Crippen LogP contribution in [0.1, 0.15) is 16.8 Å². The Morgan fingerprint density at radius 3 is 2.56 bits per heavy atom. The maximum Gasteiger partial charge on any atom is 0.290 e. The van der Waals surface area contributed by atoms with E-state index in [-0.39, 0.29) is 5.56 Å². The molecule has 0 amide bonds. The van der Waals surface area contributed by atoms with E-state index in [1.807, 2.05) is 31.2 Å². The Balaban J connectivity index is 2.38. The van der Waals surface area contributed by atoms with Gasteiger partial charge in [0.1, 0.15) is 5.69 Å². The van der Waals surface area contributed by atoms with Crippen LogP contribution in [0.3, 0.4) is 0 Å². The standard InChI is InChI=1S/C12H15N3O/c1-8-5-3-4-6-10(8)7-15-12(16)11(13)9(2)14-15/h3-6,14H,7,13H2,1-2H3. The van der Waals surface area contributed by atoms with Gasteiger partial charge in [0.2, 0.25) is 0 Å². The fourth-order valence-corrected chi connectivity index (χ4v) is 1.69. The van der Waals surface area contributed by atoms with Crippen molar-refractivity contribution in [3.63, 3.8) is 0 Å². The molecule has 1 heterocycles. The minimum atomic E-state index is -0.152. The summed E-state index contributed by atoms with van der Waals surface area (Å²) in [6.07, 6.45) is 0. The molecule has 0 atom stereocenters. The maximum atomic E-state index is 11.7. The molecule has 0 aliphatic rings. The summed E-state index contributed by atoms with van der Waals surface area (Å²) in [4.78, 5) is 11.7. The molecule has 0 saturated carbocycles. The van der Waals surface area contributed by atoms with Crippen molar-refractivity contribution in [2.24, 2.45) is 0 Å². The molecule has 3 N–H and O–H groups in total. The van der Waals surface area contributed by atoms with Gasteiger partial charge in [-0.1, -0.05) is 24.3 Å². The summed E-state index contributed by atoms with van der Waals surface area (Å²) in [5.41, 5.74) is 8.78. The lowest BCUT2D eigenvalue weighted by molar-refractivity contribution is 0.655. The van der Waals surface area contributed by atoms with E-state index in [0.717, 1.165) is 11.3 Å². The minimum absolute atomic E-state index is 0.152. The van der Waals surface area contributed by atoms with Crippen molar-refractivity contribution in [1.29, 1.82) is 0 Å². The molecule has 0 fully saturated rings. The Labute approximate surface area is 93.7 Å². The van der Waals surface area contributed by atoms with E-state index < -0.39 is 0 Å². The van der Waals surface area contributed by atoms with Crippen molar-refractivity contribution < 1.29 is 0 Å². The third-order valence-corrected chi connectivity index (χ3v) is 2.77. The highest BCUT2D eigenvalue weighted by Gasteiger charge is 2.08. The average molecular weight is 217 g/mol. The SMILES string of the molecule is Cc1ccccc1Cn1[nH]c(C)c(N)c1=O. The number of nitrogens with two attached hydrogens (primary N) is 1. The van der Waals surface area contributed by atoms with Crippen LogP contribution in [0.5, 0.6) is 0 Å². The Morgan fingerprint density at radius 1 is 1.31 bits per heavy atom. The van der Waals surface area contributed by atoms with Gasteiger partial charge in [0.05, 0.1) is 12.2 Å². The quantitative estimate of drug-likeness (QED) is 0.799. The first-order valence-electron chi connectivity index (χ1n) is 5.19. The van der Waals surface area contributed by atoms with E-state index in [0.29, 0.717) is 12.2 Å². The van der Waals surface area contributed by atoms with Crippen molar-refractivity contribution in [3.05, 3.63) is 51.4 Å². The third-order valence-electron chi connectivity index (χ3n) is 2.77. The summed E-state index contributed by atoms with van der Waals surface area (Å²) in [5.74, 6) is 0. The first-order valence-corrected chi connectivity index (χ1v) is 5.19. The summed E-state index contributed by atoms with van der Waals surface area (Å²) < 4.78 is 1.53. The number of aromatic nitrogens is 2. The van der Waals surface area contributed by atoms with Gasteiger partial charge in [0.15, 0.2) is 0 Å². The zero-order chi connectivity index (χ0) is 11.7. The molecule has 0 spiro atoms. The lowest BCUT2D eigenvalue weighted by Crippen LogP contribution is -2.19. The highest BCUT2D eigenvalue weighted by molar-refractivity contribution is 5.39. The molecule has 0 saturated heterocycles. The molecule has 1 aromatic heterocycles. The summed E-state index contributed by atoms with van der Waals surface area (Å²) in [5, 5.41) is 2.97. The van der Waals surface area contributed by atoms with Crippen molar-refractivity contribution in [1.82, 2.24) is 9.78 Å². The molecule has 16 heavy (non-hydrogen) atoms. The van der Waals surface area contributed by atoms with Crippen LogP contribution < -0.4 is 11.3 Å². The molecule has 0 bridgehead atoms. The number of rotatable bonds is 2. The second-order valence-corrected chi connectivity index (χ2v) is 3.97. The highest BCUT2D eigenvalue weighted by Crippen LogP contribution is 2.09. The zero-order valence-electron chi connectivity index (χ0n) is 9.45. The maximum absolute atomic E-state index is 11.7. The van der Waals surface area contributed by atoms with Gasteiger partial charge < -0.3 is 5.73 Å². The predicted octanol–water partition coefficient (Wildman–Crippen LogP) is 1.42. The number of aromatic amines is 1. The van der Waals surface area contributed by atoms with Gasteiger partial charge in [0.25, 0.3) is 5.56 Å². The third kappa shape index (κ3) is 1.74. The van der Waals surface area contributed by atoms with Crippen LogP contribution in [-0.2, 0) is 6.54 Å². The van der Waals surface area contributed by atoms with Crippen LogP contribution in [0.15, 0.2) is 29.1 Å².